The number of anilines is 1. The number of carbonyl (C=O) groups excluding carboxylic acids is 1. The SMILES string of the molecule is O=C(NCc1ncc(-c2ccccc2)o1)N1CCN(c2ccccc2)CC1. The highest BCUT2D eigenvalue weighted by Gasteiger charge is 2.21. The van der Waals surface area contributed by atoms with E-state index >= 15 is 0 Å². The lowest BCUT2D eigenvalue weighted by molar-refractivity contribution is 0.193. The third-order valence-corrected chi connectivity index (χ3v) is 4.69. The summed E-state index contributed by atoms with van der Waals surface area (Å²) in [6, 6.07) is 20.0. The van der Waals surface area contributed by atoms with Gasteiger partial charge in [-0.05, 0) is 12.1 Å². The van der Waals surface area contributed by atoms with Gasteiger partial charge in [0, 0.05) is 37.4 Å². The van der Waals surface area contributed by atoms with Crippen molar-refractivity contribution < 1.29 is 9.21 Å². The molecule has 1 N–H and O–H groups in total. The lowest BCUT2D eigenvalue weighted by atomic mass is 10.2. The standard InChI is InChI=1S/C21H22N4O2/c26-21(25-13-11-24(12-14-25)18-9-5-2-6-10-18)23-16-20-22-15-19(27-20)17-7-3-1-4-8-17/h1-10,15H,11-14,16H2,(H,23,26). The summed E-state index contributed by atoms with van der Waals surface area (Å²) < 4.78 is 5.73. The summed E-state index contributed by atoms with van der Waals surface area (Å²) in [7, 11) is 0. The van der Waals surface area contributed by atoms with Crippen LogP contribution in [0.15, 0.2) is 71.3 Å². The van der Waals surface area contributed by atoms with E-state index in [0.717, 1.165) is 18.7 Å². The summed E-state index contributed by atoms with van der Waals surface area (Å²) >= 11 is 0. The van der Waals surface area contributed by atoms with Crippen LogP contribution in [0.25, 0.3) is 11.3 Å². The van der Waals surface area contributed by atoms with E-state index in [4.69, 9.17) is 4.42 Å². The van der Waals surface area contributed by atoms with E-state index in [1.54, 1.807) is 6.20 Å². The van der Waals surface area contributed by atoms with Crippen molar-refractivity contribution in [1.29, 1.82) is 0 Å². The molecule has 138 valence electrons. The molecule has 6 nitrogen and oxygen atoms in total. The smallest absolute Gasteiger partial charge is 0.317 e. The Kier molecular flexibility index (Phi) is 5.05. The molecular weight excluding hydrogens is 340 g/mol. The van der Waals surface area contributed by atoms with Gasteiger partial charge in [0.05, 0.1) is 12.7 Å². The molecule has 2 amide bonds. The van der Waals surface area contributed by atoms with Crippen LogP contribution in [0.5, 0.6) is 0 Å². The van der Waals surface area contributed by atoms with Crippen LogP contribution in [0.1, 0.15) is 5.89 Å². The third kappa shape index (κ3) is 4.11. The minimum Gasteiger partial charge on any atom is -0.439 e. The van der Waals surface area contributed by atoms with E-state index in [1.807, 2.05) is 53.4 Å². The highest BCUT2D eigenvalue weighted by molar-refractivity contribution is 5.74. The van der Waals surface area contributed by atoms with E-state index in [9.17, 15) is 4.79 Å². The maximum absolute atomic E-state index is 12.4. The van der Waals surface area contributed by atoms with Gasteiger partial charge in [0.25, 0.3) is 0 Å². The van der Waals surface area contributed by atoms with Crippen LogP contribution < -0.4 is 10.2 Å². The summed E-state index contributed by atoms with van der Waals surface area (Å²) in [5, 5.41) is 2.90. The van der Waals surface area contributed by atoms with E-state index < -0.39 is 0 Å². The van der Waals surface area contributed by atoms with Crippen molar-refractivity contribution in [3.63, 3.8) is 0 Å². The number of rotatable bonds is 4. The Balaban J connectivity index is 1.27. The van der Waals surface area contributed by atoms with E-state index in [0.29, 0.717) is 24.7 Å². The van der Waals surface area contributed by atoms with Gasteiger partial charge in [-0.25, -0.2) is 9.78 Å². The minimum atomic E-state index is -0.0813. The lowest BCUT2D eigenvalue weighted by Gasteiger charge is -2.36. The Labute approximate surface area is 158 Å². The fourth-order valence-corrected chi connectivity index (χ4v) is 3.20. The highest BCUT2D eigenvalue weighted by Crippen LogP contribution is 2.20. The predicted octanol–water partition coefficient (Wildman–Crippen LogP) is 3.37. The molecule has 2 heterocycles. The number of nitrogens with zero attached hydrogens (tertiary/aromatic N) is 3. The highest BCUT2D eigenvalue weighted by atomic mass is 16.4. The zero-order valence-electron chi connectivity index (χ0n) is 15.0. The summed E-state index contributed by atoms with van der Waals surface area (Å²) in [5.41, 5.74) is 2.17. The lowest BCUT2D eigenvalue weighted by Crippen LogP contribution is -2.51. The van der Waals surface area contributed by atoms with Crippen LogP contribution in [-0.2, 0) is 6.54 Å². The quantitative estimate of drug-likeness (QED) is 0.773. The molecule has 0 radical (unpaired) electrons. The Bertz CT molecular complexity index is 871. The number of benzene rings is 2. The first-order valence-electron chi connectivity index (χ1n) is 9.12. The molecule has 0 saturated carbocycles. The molecule has 1 fully saturated rings. The first-order valence-corrected chi connectivity index (χ1v) is 9.12. The molecule has 0 aliphatic carbocycles. The Hall–Kier alpha value is -3.28. The Morgan fingerprint density at radius 2 is 1.63 bits per heavy atom. The zero-order valence-corrected chi connectivity index (χ0v) is 15.0. The molecule has 1 aromatic heterocycles. The first-order chi connectivity index (χ1) is 13.3. The molecule has 6 heteroatoms. The van der Waals surface area contributed by atoms with E-state index in [-0.39, 0.29) is 12.6 Å². The van der Waals surface area contributed by atoms with Gasteiger partial charge in [0.1, 0.15) is 0 Å². The fourth-order valence-electron chi connectivity index (χ4n) is 3.20. The molecule has 0 atom stereocenters. The summed E-state index contributed by atoms with van der Waals surface area (Å²) in [4.78, 5) is 20.8. The van der Waals surface area contributed by atoms with Crippen molar-refractivity contribution in [3.8, 4) is 11.3 Å². The monoisotopic (exact) mass is 362 g/mol. The topological polar surface area (TPSA) is 61.6 Å². The normalized spacial score (nSPS) is 14.2. The summed E-state index contributed by atoms with van der Waals surface area (Å²) in [5.74, 6) is 1.21. The van der Waals surface area contributed by atoms with Gasteiger partial charge in [0.2, 0.25) is 5.89 Å². The predicted molar refractivity (Wildman–Crippen MR) is 104 cm³/mol. The van der Waals surface area contributed by atoms with Gasteiger partial charge < -0.3 is 19.5 Å². The number of nitrogens with one attached hydrogen (secondary N) is 1. The molecule has 1 aliphatic heterocycles. The molecule has 0 unspecified atom stereocenters. The number of hydrogen-bond donors (Lipinski definition) is 1. The minimum absolute atomic E-state index is 0.0813. The largest absolute Gasteiger partial charge is 0.439 e. The summed E-state index contributed by atoms with van der Waals surface area (Å²) in [6.07, 6.45) is 1.69. The third-order valence-electron chi connectivity index (χ3n) is 4.69. The van der Waals surface area contributed by atoms with Crippen molar-refractivity contribution in [2.24, 2.45) is 0 Å². The molecule has 1 aliphatic rings. The Morgan fingerprint density at radius 1 is 0.963 bits per heavy atom. The molecule has 0 spiro atoms. The molecule has 1 saturated heterocycles. The number of para-hydroxylation sites is 1. The van der Waals surface area contributed by atoms with Gasteiger partial charge in [-0.15, -0.1) is 0 Å². The summed E-state index contributed by atoms with van der Waals surface area (Å²) in [6.45, 7) is 3.33. The van der Waals surface area contributed by atoms with Crippen LogP contribution >= 0.6 is 0 Å². The fraction of sp³-hybridized carbons (Fsp3) is 0.238. The number of oxazole rings is 1. The van der Waals surface area contributed by atoms with Crippen LogP contribution in [0.3, 0.4) is 0 Å². The van der Waals surface area contributed by atoms with Crippen molar-refractivity contribution in [3.05, 3.63) is 72.8 Å². The zero-order chi connectivity index (χ0) is 18.5. The molecule has 0 bridgehead atoms. The van der Waals surface area contributed by atoms with Gasteiger partial charge in [-0.2, -0.15) is 0 Å². The van der Waals surface area contributed by atoms with Crippen LogP contribution in [0.2, 0.25) is 0 Å². The van der Waals surface area contributed by atoms with Crippen molar-refractivity contribution in [2.75, 3.05) is 31.1 Å². The maximum atomic E-state index is 12.4. The maximum Gasteiger partial charge on any atom is 0.317 e. The van der Waals surface area contributed by atoms with Crippen LogP contribution in [0, 0.1) is 0 Å². The van der Waals surface area contributed by atoms with E-state index in [2.05, 4.69) is 27.3 Å². The average molecular weight is 362 g/mol. The molecular formula is C21H22N4O2. The van der Waals surface area contributed by atoms with Gasteiger partial charge in [0.15, 0.2) is 5.76 Å². The Morgan fingerprint density at radius 3 is 2.33 bits per heavy atom. The second kappa shape index (κ2) is 7.95. The molecule has 3 aromatic rings. The van der Waals surface area contributed by atoms with E-state index in [1.165, 1.54) is 5.69 Å². The van der Waals surface area contributed by atoms with Crippen LogP contribution in [0.4, 0.5) is 10.5 Å². The number of hydrogen-bond acceptors (Lipinski definition) is 4. The average Bonchev–Trinajstić information content (AvgIpc) is 3.22. The molecule has 4 rings (SSSR count). The molecule has 2 aromatic carbocycles. The molecule has 27 heavy (non-hydrogen) atoms. The van der Waals surface area contributed by atoms with Crippen LogP contribution in [-0.4, -0.2) is 42.1 Å². The number of carbonyl (C=O) groups is 1. The number of urea groups is 1. The van der Waals surface area contributed by atoms with Gasteiger partial charge in [-0.1, -0.05) is 48.5 Å². The van der Waals surface area contributed by atoms with Crippen molar-refractivity contribution in [2.45, 2.75) is 6.54 Å². The van der Waals surface area contributed by atoms with Gasteiger partial charge in [-0.3, -0.25) is 0 Å². The first kappa shape index (κ1) is 17.1. The number of aromatic nitrogens is 1. The van der Waals surface area contributed by atoms with Crippen molar-refractivity contribution >= 4 is 11.7 Å². The second-order valence-corrected chi connectivity index (χ2v) is 6.45. The van der Waals surface area contributed by atoms with Crippen molar-refractivity contribution in [1.82, 2.24) is 15.2 Å². The second-order valence-electron chi connectivity index (χ2n) is 6.45. The number of amides is 2. The number of piperazine rings is 1. The van der Waals surface area contributed by atoms with Gasteiger partial charge >= 0.3 is 6.03 Å².